The highest BCUT2D eigenvalue weighted by atomic mass is 16.4. The van der Waals surface area contributed by atoms with Gasteiger partial charge in [-0.05, 0) is 42.7 Å². The molecule has 0 aliphatic carbocycles. The van der Waals surface area contributed by atoms with E-state index < -0.39 is 5.97 Å². The minimum atomic E-state index is -0.957. The number of urea groups is 1. The van der Waals surface area contributed by atoms with E-state index >= 15 is 0 Å². The van der Waals surface area contributed by atoms with E-state index in [0.29, 0.717) is 13.1 Å². The second-order valence-electron chi connectivity index (χ2n) is 6.23. The van der Waals surface area contributed by atoms with E-state index in [1.165, 1.54) is 0 Å². The summed E-state index contributed by atoms with van der Waals surface area (Å²) in [6.07, 6.45) is 5.70. The summed E-state index contributed by atoms with van der Waals surface area (Å²) in [5.74, 6) is -0.135. The molecule has 1 saturated heterocycles. The van der Waals surface area contributed by atoms with Gasteiger partial charge in [-0.25, -0.2) is 9.59 Å². The van der Waals surface area contributed by atoms with Crippen molar-refractivity contribution in [2.45, 2.75) is 38.3 Å². The summed E-state index contributed by atoms with van der Waals surface area (Å²) in [6.45, 7) is 1.06. The number of nitrogens with zero attached hydrogens (tertiary/aromatic N) is 1. The third kappa shape index (κ3) is 4.21. The van der Waals surface area contributed by atoms with Crippen LogP contribution in [0.3, 0.4) is 0 Å². The van der Waals surface area contributed by atoms with Crippen molar-refractivity contribution < 1.29 is 19.1 Å². The smallest absolute Gasteiger partial charge is 0.335 e. The maximum Gasteiger partial charge on any atom is 0.335 e. The minimum absolute atomic E-state index is 0.0353. The van der Waals surface area contributed by atoms with Crippen molar-refractivity contribution in [1.29, 1.82) is 0 Å². The van der Waals surface area contributed by atoms with Gasteiger partial charge in [0.25, 0.3) is 0 Å². The maximum atomic E-state index is 12.7. The van der Waals surface area contributed by atoms with E-state index in [0.717, 1.165) is 37.0 Å². The lowest BCUT2D eigenvalue weighted by Crippen LogP contribution is -2.41. The Balaban J connectivity index is 1.64. The molecule has 25 heavy (non-hydrogen) atoms. The third-order valence-electron chi connectivity index (χ3n) is 4.53. The normalized spacial score (nSPS) is 17.8. The molecule has 1 aromatic heterocycles. The molecule has 0 radical (unpaired) electrons. The molecule has 2 N–H and O–H groups in total. The van der Waals surface area contributed by atoms with Crippen molar-refractivity contribution in [3.05, 3.63) is 59.5 Å². The first-order chi connectivity index (χ1) is 12.1. The van der Waals surface area contributed by atoms with E-state index in [9.17, 15) is 9.59 Å². The van der Waals surface area contributed by atoms with Crippen LogP contribution in [0.5, 0.6) is 0 Å². The Morgan fingerprint density at radius 2 is 1.96 bits per heavy atom. The molecule has 0 saturated carbocycles. The fourth-order valence-corrected chi connectivity index (χ4v) is 3.17. The fraction of sp³-hybridized carbons (Fsp3) is 0.368. The van der Waals surface area contributed by atoms with Crippen molar-refractivity contribution in [2.75, 3.05) is 6.54 Å². The number of furan rings is 1. The zero-order valence-electron chi connectivity index (χ0n) is 14.0. The molecule has 1 atom stereocenters. The fourth-order valence-electron chi connectivity index (χ4n) is 3.17. The molecule has 0 spiro atoms. The second kappa shape index (κ2) is 7.88. The van der Waals surface area contributed by atoms with Gasteiger partial charge in [-0.15, -0.1) is 0 Å². The summed E-state index contributed by atoms with van der Waals surface area (Å²) in [4.78, 5) is 25.4. The number of benzene rings is 1. The molecule has 1 aliphatic heterocycles. The summed E-state index contributed by atoms with van der Waals surface area (Å²) < 4.78 is 5.53. The van der Waals surface area contributed by atoms with E-state index in [1.54, 1.807) is 30.5 Å². The first kappa shape index (κ1) is 17.1. The Kier molecular flexibility index (Phi) is 5.38. The van der Waals surface area contributed by atoms with Crippen molar-refractivity contribution in [3.8, 4) is 0 Å². The van der Waals surface area contributed by atoms with Crippen molar-refractivity contribution in [1.82, 2.24) is 10.2 Å². The van der Waals surface area contributed by atoms with Crippen LogP contribution < -0.4 is 5.32 Å². The number of likely N-dealkylation sites (tertiary alicyclic amines) is 1. The highest BCUT2D eigenvalue weighted by molar-refractivity contribution is 5.87. The number of carbonyl (C=O) groups is 2. The van der Waals surface area contributed by atoms with Gasteiger partial charge < -0.3 is 19.7 Å². The first-order valence-electron chi connectivity index (χ1n) is 8.55. The monoisotopic (exact) mass is 342 g/mol. The molecule has 2 amide bonds. The van der Waals surface area contributed by atoms with E-state index in [1.807, 2.05) is 17.0 Å². The molecule has 132 valence electrons. The summed E-state index contributed by atoms with van der Waals surface area (Å²) >= 11 is 0. The van der Waals surface area contributed by atoms with Crippen LogP contribution in [0.15, 0.2) is 47.1 Å². The third-order valence-corrected chi connectivity index (χ3v) is 4.53. The van der Waals surface area contributed by atoms with Crippen LogP contribution in [-0.4, -0.2) is 28.6 Å². The Hall–Kier alpha value is -2.76. The second-order valence-corrected chi connectivity index (χ2v) is 6.23. The van der Waals surface area contributed by atoms with E-state index in [4.69, 9.17) is 9.52 Å². The molecular weight excluding hydrogens is 320 g/mol. The number of hydrogen-bond donors (Lipinski definition) is 2. The molecule has 0 bridgehead atoms. The SMILES string of the molecule is O=C(O)c1ccc(CNC(=O)N2CCCCCC2c2ccco2)cc1. The highest BCUT2D eigenvalue weighted by Gasteiger charge is 2.28. The van der Waals surface area contributed by atoms with Gasteiger partial charge in [0.05, 0.1) is 17.9 Å². The molecule has 3 rings (SSSR count). The van der Waals surface area contributed by atoms with Gasteiger partial charge in [-0.2, -0.15) is 0 Å². The summed E-state index contributed by atoms with van der Waals surface area (Å²) in [7, 11) is 0. The standard InChI is InChI=1S/C19H22N2O4/c22-18(23)15-9-7-14(8-10-15)13-20-19(24)21-11-3-1-2-5-16(21)17-6-4-12-25-17/h4,6-10,12,16H,1-3,5,11,13H2,(H,20,24)(H,22,23). The Labute approximate surface area is 146 Å². The van der Waals surface area contributed by atoms with Crippen molar-refractivity contribution in [2.24, 2.45) is 0 Å². The van der Waals surface area contributed by atoms with Gasteiger partial charge in [0.1, 0.15) is 5.76 Å². The Morgan fingerprint density at radius 1 is 1.16 bits per heavy atom. The molecular formula is C19H22N2O4. The lowest BCUT2D eigenvalue weighted by atomic mass is 10.1. The van der Waals surface area contributed by atoms with Gasteiger partial charge in [0, 0.05) is 13.1 Å². The minimum Gasteiger partial charge on any atom is -0.478 e. The molecule has 1 unspecified atom stereocenters. The predicted octanol–water partition coefficient (Wildman–Crippen LogP) is 3.80. The van der Waals surface area contributed by atoms with Crippen LogP contribution >= 0.6 is 0 Å². The van der Waals surface area contributed by atoms with Crippen LogP contribution in [0.25, 0.3) is 0 Å². The molecule has 2 aromatic rings. The lowest BCUT2D eigenvalue weighted by Gasteiger charge is -2.28. The van der Waals surface area contributed by atoms with Crippen molar-refractivity contribution in [3.63, 3.8) is 0 Å². The van der Waals surface area contributed by atoms with Gasteiger partial charge in [-0.3, -0.25) is 0 Å². The average molecular weight is 342 g/mol. The predicted molar refractivity (Wildman–Crippen MR) is 92.3 cm³/mol. The van der Waals surface area contributed by atoms with Crippen LogP contribution in [0, 0.1) is 0 Å². The van der Waals surface area contributed by atoms with E-state index in [2.05, 4.69) is 5.32 Å². The first-order valence-corrected chi connectivity index (χ1v) is 8.55. The summed E-state index contributed by atoms with van der Waals surface area (Å²) in [5.41, 5.74) is 1.10. The molecule has 6 heteroatoms. The van der Waals surface area contributed by atoms with Gasteiger partial charge in [-0.1, -0.05) is 25.0 Å². The summed E-state index contributed by atoms with van der Waals surface area (Å²) in [5, 5.41) is 11.9. The van der Waals surface area contributed by atoms with E-state index in [-0.39, 0.29) is 17.6 Å². The molecule has 6 nitrogen and oxygen atoms in total. The van der Waals surface area contributed by atoms with Crippen LogP contribution in [0.2, 0.25) is 0 Å². The molecule has 2 heterocycles. The number of carbonyl (C=O) groups excluding carboxylic acids is 1. The van der Waals surface area contributed by atoms with Gasteiger partial charge in [0.15, 0.2) is 0 Å². The van der Waals surface area contributed by atoms with Crippen molar-refractivity contribution >= 4 is 12.0 Å². The molecule has 1 aliphatic rings. The number of carboxylic acids is 1. The quantitative estimate of drug-likeness (QED) is 0.885. The topological polar surface area (TPSA) is 82.8 Å². The maximum absolute atomic E-state index is 12.7. The number of carboxylic acid groups (broad SMARTS) is 1. The van der Waals surface area contributed by atoms with Gasteiger partial charge in [0.2, 0.25) is 0 Å². The lowest BCUT2D eigenvalue weighted by molar-refractivity contribution is 0.0697. The zero-order chi connectivity index (χ0) is 17.6. The Bertz CT molecular complexity index is 710. The van der Waals surface area contributed by atoms with Crippen LogP contribution in [0.4, 0.5) is 4.79 Å². The molecule has 1 aromatic carbocycles. The Morgan fingerprint density at radius 3 is 2.64 bits per heavy atom. The number of amides is 2. The zero-order valence-corrected chi connectivity index (χ0v) is 14.0. The largest absolute Gasteiger partial charge is 0.478 e. The number of aromatic carboxylic acids is 1. The number of nitrogens with one attached hydrogen (secondary N) is 1. The van der Waals surface area contributed by atoms with Crippen LogP contribution in [-0.2, 0) is 6.54 Å². The number of hydrogen-bond acceptors (Lipinski definition) is 3. The summed E-state index contributed by atoms with van der Waals surface area (Å²) in [6, 6.07) is 10.1. The average Bonchev–Trinajstić information content (AvgIpc) is 3.04. The van der Waals surface area contributed by atoms with Gasteiger partial charge >= 0.3 is 12.0 Å². The van der Waals surface area contributed by atoms with Crippen LogP contribution in [0.1, 0.15) is 53.4 Å². The highest BCUT2D eigenvalue weighted by Crippen LogP contribution is 2.30. The molecule has 1 fully saturated rings. The number of rotatable bonds is 4.